The summed E-state index contributed by atoms with van der Waals surface area (Å²) in [6, 6.07) is -3.97. The molecule has 0 fully saturated rings. The minimum Gasteiger partial charge on any atom is -0.481 e. The molecule has 0 aliphatic carbocycles. The van der Waals surface area contributed by atoms with Crippen LogP contribution in [0.3, 0.4) is 0 Å². The highest BCUT2D eigenvalue weighted by atomic mass is 32.2. The lowest BCUT2D eigenvalue weighted by atomic mass is 10.1. The van der Waals surface area contributed by atoms with Crippen LogP contribution in [0.1, 0.15) is 56.4 Å². The Kier molecular flexibility index (Phi) is 9.54. The predicted octanol–water partition coefficient (Wildman–Crippen LogP) is -2.03. The van der Waals surface area contributed by atoms with Gasteiger partial charge in [-0.25, -0.2) is 0 Å². The van der Waals surface area contributed by atoms with Gasteiger partial charge in [-0.2, -0.15) is 22.8 Å². The van der Waals surface area contributed by atoms with Crippen LogP contribution in [0.2, 0.25) is 0 Å². The van der Waals surface area contributed by atoms with E-state index in [4.69, 9.17) is 26.2 Å². The fraction of sp³-hybridized carbons (Fsp3) is 0.714. The molecule has 29 heavy (non-hydrogen) atoms. The van der Waals surface area contributed by atoms with Crippen LogP contribution in [0.25, 0.3) is 0 Å². The monoisotopic (exact) mass is 438 g/mol. The molecule has 0 radical (unpaired) electrons. The van der Waals surface area contributed by atoms with Crippen LogP contribution in [0.4, 0.5) is 0 Å². The summed E-state index contributed by atoms with van der Waals surface area (Å²) < 4.78 is 33.0. The molecule has 4 atom stereocenters. The van der Waals surface area contributed by atoms with Gasteiger partial charge in [-0.3, -0.25) is 9.59 Å². The van der Waals surface area contributed by atoms with Crippen molar-refractivity contribution in [3.05, 3.63) is 11.7 Å². The third kappa shape index (κ3) is 8.38. The molecule has 9 N–H and O–H groups in total. The molecule has 14 nitrogen and oxygen atoms in total. The summed E-state index contributed by atoms with van der Waals surface area (Å²) in [7, 11) is -4.57. The highest BCUT2D eigenvalue weighted by Gasteiger charge is 2.32. The average Bonchev–Trinajstić information content (AvgIpc) is 3.08. The fourth-order valence-electron chi connectivity index (χ4n) is 2.27. The van der Waals surface area contributed by atoms with E-state index in [0.717, 1.165) is 13.3 Å². The third-order valence-corrected chi connectivity index (χ3v) is 4.92. The van der Waals surface area contributed by atoms with Crippen LogP contribution >= 0.6 is 0 Å². The van der Waals surface area contributed by atoms with Crippen molar-refractivity contribution in [1.29, 1.82) is 0 Å². The highest BCUT2D eigenvalue weighted by Crippen LogP contribution is 2.20. The number of aliphatic hydroxyl groups excluding tert-OH is 1. The van der Waals surface area contributed by atoms with E-state index >= 15 is 0 Å². The maximum atomic E-state index is 12.2. The van der Waals surface area contributed by atoms with E-state index in [9.17, 15) is 23.1 Å². The van der Waals surface area contributed by atoms with Gasteiger partial charge >= 0.3 is 11.9 Å². The molecular weight excluding hydrogens is 412 g/mol. The molecule has 1 unspecified atom stereocenters. The largest absolute Gasteiger partial charge is 0.481 e. The lowest BCUT2D eigenvalue weighted by molar-refractivity contribution is -0.141. The molecule has 166 valence electrons. The standard InChI is InChI=1S/C14H26N6O8S/c1-7(21)11(14(24)25)20-29(26,27)19-9(6-10(22)23)13-17-12(18-28-13)8(16)4-2-3-5-15/h7-9,11,19-21H,2-6,15-16H2,1H3,(H,22,23)(H,24,25)/t7?,8-,9-,11-/m0/s1. The Balaban J connectivity index is 2.97. The summed E-state index contributed by atoms with van der Waals surface area (Å²) in [6.45, 7) is 1.57. The van der Waals surface area contributed by atoms with Crippen molar-refractivity contribution >= 4 is 22.1 Å². The van der Waals surface area contributed by atoms with Gasteiger partial charge in [0.15, 0.2) is 5.82 Å². The Hall–Kier alpha value is -2.17. The quantitative estimate of drug-likeness (QED) is 0.155. The molecule has 0 aliphatic heterocycles. The number of hydrogen-bond acceptors (Lipinski definition) is 10. The summed E-state index contributed by atoms with van der Waals surface area (Å²) >= 11 is 0. The number of rotatable bonds is 14. The molecular formula is C14H26N6O8S. The number of unbranched alkanes of at least 4 members (excludes halogenated alkanes) is 1. The zero-order valence-corrected chi connectivity index (χ0v) is 16.5. The number of nitrogens with one attached hydrogen (secondary N) is 2. The number of carboxylic acid groups (broad SMARTS) is 2. The molecule has 1 aromatic rings. The Morgan fingerprint density at radius 3 is 2.41 bits per heavy atom. The molecule has 0 bridgehead atoms. The molecule has 1 aromatic heterocycles. The molecule has 15 heteroatoms. The van der Waals surface area contributed by atoms with Gasteiger partial charge in [0.05, 0.1) is 18.6 Å². The van der Waals surface area contributed by atoms with Crippen LogP contribution < -0.4 is 20.9 Å². The molecule has 0 spiro atoms. The van der Waals surface area contributed by atoms with Gasteiger partial charge in [-0.1, -0.05) is 11.6 Å². The van der Waals surface area contributed by atoms with E-state index in [0.29, 0.717) is 19.4 Å². The number of aromatic nitrogens is 2. The van der Waals surface area contributed by atoms with E-state index in [1.807, 2.05) is 4.72 Å². The van der Waals surface area contributed by atoms with Gasteiger partial charge in [0.1, 0.15) is 12.1 Å². The first-order chi connectivity index (χ1) is 13.5. The maximum absolute atomic E-state index is 12.2. The third-order valence-electron chi connectivity index (χ3n) is 3.76. The number of carboxylic acids is 2. The van der Waals surface area contributed by atoms with Crippen molar-refractivity contribution in [2.24, 2.45) is 11.5 Å². The van der Waals surface area contributed by atoms with Crippen LogP contribution in [0.15, 0.2) is 4.52 Å². The van der Waals surface area contributed by atoms with Crippen LogP contribution in [-0.4, -0.2) is 64.5 Å². The summed E-state index contributed by atoms with van der Waals surface area (Å²) in [4.78, 5) is 26.1. The second-order valence-corrected chi connectivity index (χ2v) is 7.81. The summed E-state index contributed by atoms with van der Waals surface area (Å²) in [5.74, 6) is -3.29. The van der Waals surface area contributed by atoms with Crippen LogP contribution in [-0.2, 0) is 19.8 Å². The van der Waals surface area contributed by atoms with E-state index in [1.54, 1.807) is 4.72 Å². The van der Waals surface area contributed by atoms with Crippen LogP contribution in [0, 0.1) is 0 Å². The molecule has 0 saturated carbocycles. The zero-order valence-electron chi connectivity index (χ0n) is 15.7. The molecule has 1 heterocycles. The normalized spacial score (nSPS) is 16.1. The first-order valence-corrected chi connectivity index (χ1v) is 10.2. The Morgan fingerprint density at radius 1 is 1.24 bits per heavy atom. The first kappa shape index (κ1) is 24.9. The predicted molar refractivity (Wildman–Crippen MR) is 97.4 cm³/mol. The van der Waals surface area contributed by atoms with Crippen molar-refractivity contribution in [2.75, 3.05) is 6.54 Å². The summed E-state index contributed by atoms with van der Waals surface area (Å²) in [6.07, 6.45) is -0.394. The van der Waals surface area contributed by atoms with Gasteiger partial charge < -0.3 is 31.3 Å². The molecule has 0 saturated heterocycles. The van der Waals surface area contributed by atoms with Crippen molar-refractivity contribution in [3.8, 4) is 0 Å². The van der Waals surface area contributed by atoms with Crippen molar-refractivity contribution < 1.29 is 37.8 Å². The second kappa shape index (κ2) is 11.1. The van der Waals surface area contributed by atoms with Crippen molar-refractivity contribution in [2.45, 2.75) is 56.8 Å². The molecule has 1 rings (SSSR count). The number of carbonyl (C=O) groups is 2. The topological polar surface area (TPSA) is 244 Å². The van der Waals surface area contributed by atoms with Gasteiger partial charge in [-0.05, 0) is 26.3 Å². The van der Waals surface area contributed by atoms with Gasteiger partial charge in [0, 0.05) is 0 Å². The Morgan fingerprint density at radius 2 is 1.90 bits per heavy atom. The number of nitrogens with zero attached hydrogens (tertiary/aromatic N) is 2. The maximum Gasteiger partial charge on any atom is 0.324 e. The highest BCUT2D eigenvalue weighted by molar-refractivity contribution is 7.87. The second-order valence-electron chi connectivity index (χ2n) is 6.33. The molecule has 0 aliphatic rings. The Bertz CT molecular complexity index is 783. The zero-order chi connectivity index (χ0) is 22.2. The fourth-order valence-corrected chi connectivity index (χ4v) is 3.53. The average molecular weight is 438 g/mol. The number of hydrogen-bond donors (Lipinski definition) is 7. The lowest BCUT2D eigenvalue weighted by Crippen LogP contribution is -2.52. The SMILES string of the molecule is CC(O)[C@H](NS(=O)(=O)N[C@@H](CC(=O)O)c1nc([C@@H](N)CCCCN)no1)C(=O)O. The molecule has 0 amide bonds. The number of aliphatic carboxylic acids is 2. The van der Waals surface area contributed by atoms with E-state index in [1.165, 1.54) is 0 Å². The van der Waals surface area contributed by atoms with E-state index in [2.05, 4.69) is 10.1 Å². The molecule has 0 aromatic carbocycles. The number of nitrogens with two attached hydrogens (primary N) is 2. The van der Waals surface area contributed by atoms with E-state index < -0.39 is 52.8 Å². The Labute approximate surface area is 166 Å². The van der Waals surface area contributed by atoms with Crippen molar-refractivity contribution in [1.82, 2.24) is 19.6 Å². The summed E-state index contributed by atoms with van der Waals surface area (Å²) in [5.41, 5.74) is 11.3. The van der Waals surface area contributed by atoms with Gasteiger partial charge in [0.25, 0.3) is 10.2 Å². The summed E-state index contributed by atoms with van der Waals surface area (Å²) in [5, 5.41) is 31.1. The van der Waals surface area contributed by atoms with Crippen LogP contribution in [0.5, 0.6) is 0 Å². The lowest BCUT2D eigenvalue weighted by Gasteiger charge is -2.19. The van der Waals surface area contributed by atoms with Gasteiger partial charge in [-0.15, -0.1) is 0 Å². The van der Waals surface area contributed by atoms with Crippen molar-refractivity contribution in [3.63, 3.8) is 0 Å². The smallest absolute Gasteiger partial charge is 0.324 e. The van der Waals surface area contributed by atoms with Gasteiger partial charge in [0.2, 0.25) is 5.89 Å². The van der Waals surface area contributed by atoms with E-state index in [-0.39, 0.29) is 11.7 Å². The minimum absolute atomic E-state index is 0.0620. The minimum atomic E-state index is -4.57. The number of aliphatic hydroxyl groups is 1. The first-order valence-electron chi connectivity index (χ1n) is 8.68.